The Morgan fingerprint density at radius 2 is 2.06 bits per heavy atom. The summed E-state index contributed by atoms with van der Waals surface area (Å²) in [5.74, 6) is -1.52. The maximum atomic E-state index is 11.1. The first-order chi connectivity index (χ1) is 8.06. The van der Waals surface area contributed by atoms with Crippen molar-refractivity contribution in [3.63, 3.8) is 0 Å². The third-order valence-electron chi connectivity index (χ3n) is 2.38. The van der Waals surface area contributed by atoms with Gasteiger partial charge in [0.2, 0.25) is 0 Å². The van der Waals surface area contributed by atoms with Gasteiger partial charge in [-0.1, -0.05) is 37.3 Å². The van der Waals surface area contributed by atoms with Crippen molar-refractivity contribution >= 4 is 12.0 Å². The molecule has 0 aromatic heterocycles. The normalized spacial score (nSPS) is 14.4. The summed E-state index contributed by atoms with van der Waals surface area (Å²) in [6.45, 7) is 1.71. The second kappa shape index (κ2) is 5.16. The van der Waals surface area contributed by atoms with E-state index in [0.717, 1.165) is 5.56 Å². The number of nitrogens with two attached hydrogens (primary N) is 1. The summed E-state index contributed by atoms with van der Waals surface area (Å²) < 4.78 is 6.63. The fourth-order valence-corrected chi connectivity index (χ4v) is 1.49. The predicted molar refractivity (Wildman–Crippen MR) is 59.0 cm³/mol. The average molecular weight is 223 g/mol. The smallest absolute Gasteiger partial charge is 0.326 e. The number of urea groups is 1. The van der Waals surface area contributed by atoms with E-state index in [1.54, 1.807) is 36.9 Å². The standard InChI is InChI=1S/C11H14N2O3/c1-7(8-5-3-2-4-6-8)9(10(14)15)13-11(12)16/h2-7,9H,1H3,(H,14,15)(H3,12,13,16)/t7?,9-/m0/s1/i/hD. The van der Waals surface area contributed by atoms with Gasteiger partial charge < -0.3 is 16.2 Å². The molecule has 0 bridgehead atoms. The molecule has 0 radical (unpaired) electrons. The molecule has 0 saturated carbocycles. The molecule has 2 atom stereocenters. The summed E-state index contributed by atoms with van der Waals surface area (Å²) in [7, 11) is 0. The molecular formula is C11H14N2O3. The number of amides is 2. The van der Waals surface area contributed by atoms with Crippen LogP contribution in [-0.2, 0) is 4.79 Å². The molecule has 5 nitrogen and oxygen atoms in total. The molecule has 2 amide bonds. The number of hydrogen-bond donors (Lipinski definition) is 3. The Bertz CT molecular complexity index is 397. The zero-order valence-corrected chi connectivity index (χ0v) is 8.81. The minimum atomic E-state index is -1.13. The minimum Gasteiger partial charge on any atom is -0.480 e. The largest absolute Gasteiger partial charge is 0.480 e. The van der Waals surface area contributed by atoms with Gasteiger partial charge >= 0.3 is 12.0 Å². The predicted octanol–water partition coefficient (Wildman–Crippen LogP) is 0.912. The Labute approximate surface area is 94.7 Å². The number of carbonyl (C=O) groups excluding carboxylic acids is 1. The molecule has 16 heavy (non-hydrogen) atoms. The van der Waals surface area contributed by atoms with Crippen LogP contribution in [0.5, 0.6) is 0 Å². The van der Waals surface area contributed by atoms with Gasteiger partial charge in [-0.25, -0.2) is 9.59 Å². The SMILES string of the molecule is [2H]NC(=O)N[C@H](C(=O)O)C(C)c1ccccc1. The summed E-state index contributed by atoms with van der Waals surface area (Å²) in [5.41, 5.74) is 2.40. The van der Waals surface area contributed by atoms with Gasteiger partial charge in [0.15, 0.2) is 1.41 Å². The quantitative estimate of drug-likeness (QED) is 0.708. The molecule has 86 valence electrons. The van der Waals surface area contributed by atoms with Gasteiger partial charge in [0.05, 0.1) is 0 Å². The van der Waals surface area contributed by atoms with Crippen molar-refractivity contribution in [1.82, 2.24) is 5.32 Å². The number of carboxylic acid groups (broad SMARTS) is 1. The second-order valence-corrected chi connectivity index (χ2v) is 3.49. The van der Waals surface area contributed by atoms with E-state index in [0.29, 0.717) is 0 Å². The van der Waals surface area contributed by atoms with Crippen molar-refractivity contribution in [2.24, 2.45) is 5.73 Å². The molecule has 5 heteroatoms. The lowest BCUT2D eigenvalue weighted by Crippen LogP contribution is -2.46. The van der Waals surface area contributed by atoms with Gasteiger partial charge in [0.25, 0.3) is 0 Å². The number of aliphatic carboxylic acids is 1. The molecule has 1 unspecified atom stereocenters. The fraction of sp³-hybridized carbons (Fsp3) is 0.273. The molecule has 1 rings (SSSR count). The molecule has 1 aromatic rings. The van der Waals surface area contributed by atoms with Crippen LogP contribution in [0.3, 0.4) is 0 Å². The molecule has 0 aliphatic carbocycles. The van der Waals surface area contributed by atoms with Gasteiger partial charge in [-0.05, 0) is 5.56 Å². The van der Waals surface area contributed by atoms with Crippen molar-refractivity contribution in [2.75, 3.05) is 0 Å². The zero-order chi connectivity index (χ0) is 12.8. The Morgan fingerprint density at radius 1 is 1.44 bits per heavy atom. The van der Waals surface area contributed by atoms with Crippen molar-refractivity contribution in [3.05, 3.63) is 35.9 Å². The number of benzene rings is 1. The van der Waals surface area contributed by atoms with E-state index in [-0.39, 0.29) is 5.92 Å². The Balaban J connectivity index is 2.84. The summed E-state index contributed by atoms with van der Waals surface area (Å²) in [6.07, 6.45) is 0. The first-order valence-corrected chi connectivity index (χ1v) is 4.82. The van der Waals surface area contributed by atoms with Crippen molar-refractivity contribution in [2.45, 2.75) is 18.9 Å². The third kappa shape index (κ3) is 2.98. The number of hydrogen-bond acceptors (Lipinski definition) is 2. The van der Waals surface area contributed by atoms with E-state index < -0.39 is 18.0 Å². The molecule has 0 aliphatic heterocycles. The number of rotatable bonds is 4. The van der Waals surface area contributed by atoms with Gasteiger partial charge in [0.1, 0.15) is 6.04 Å². The van der Waals surface area contributed by atoms with Gasteiger partial charge in [0, 0.05) is 5.92 Å². The van der Waals surface area contributed by atoms with Gasteiger partial charge in [-0.3, -0.25) is 0 Å². The molecule has 0 fully saturated rings. The second-order valence-electron chi connectivity index (χ2n) is 3.49. The number of nitrogens with one attached hydrogen (secondary N) is 1. The number of primary amides is 1. The Kier molecular flexibility index (Phi) is 3.38. The summed E-state index contributed by atoms with van der Waals surface area (Å²) in [4.78, 5) is 22.1. The van der Waals surface area contributed by atoms with E-state index in [2.05, 4.69) is 5.32 Å². The molecular weight excluding hydrogens is 208 g/mol. The molecule has 0 heterocycles. The third-order valence-corrected chi connectivity index (χ3v) is 2.38. The minimum absolute atomic E-state index is 0.383. The van der Waals surface area contributed by atoms with Crippen LogP contribution < -0.4 is 11.0 Å². The maximum absolute atomic E-state index is 11.1. The first kappa shape index (κ1) is 10.5. The van der Waals surface area contributed by atoms with Crippen LogP contribution in [0.1, 0.15) is 18.4 Å². The van der Waals surface area contributed by atoms with E-state index in [4.69, 9.17) is 6.52 Å². The summed E-state index contributed by atoms with van der Waals surface area (Å²) in [6, 6.07) is 7.12. The Hall–Kier alpha value is -2.04. The lowest BCUT2D eigenvalue weighted by Gasteiger charge is -2.20. The van der Waals surface area contributed by atoms with Crippen LogP contribution in [0.15, 0.2) is 30.3 Å². The number of carbonyl (C=O) groups is 2. The topological polar surface area (TPSA) is 92.4 Å². The van der Waals surface area contributed by atoms with Gasteiger partial charge in [-0.15, -0.1) is 0 Å². The van der Waals surface area contributed by atoms with E-state index in [9.17, 15) is 9.59 Å². The van der Waals surface area contributed by atoms with E-state index in [1.807, 2.05) is 6.07 Å². The van der Waals surface area contributed by atoms with Crippen LogP contribution in [0, 0.1) is 0 Å². The Morgan fingerprint density at radius 3 is 2.56 bits per heavy atom. The summed E-state index contributed by atoms with van der Waals surface area (Å²) in [5, 5.41) is 11.3. The fourth-order valence-electron chi connectivity index (χ4n) is 1.49. The van der Waals surface area contributed by atoms with Gasteiger partial charge in [-0.2, -0.15) is 0 Å². The molecule has 0 aliphatic rings. The first-order valence-electron chi connectivity index (χ1n) is 5.32. The van der Waals surface area contributed by atoms with E-state index in [1.165, 1.54) is 0 Å². The zero-order valence-electron chi connectivity index (χ0n) is 9.81. The monoisotopic (exact) mass is 223 g/mol. The molecule has 1 aromatic carbocycles. The number of carboxylic acids is 1. The van der Waals surface area contributed by atoms with Crippen molar-refractivity contribution in [1.29, 1.82) is 0 Å². The van der Waals surface area contributed by atoms with E-state index >= 15 is 0 Å². The van der Waals surface area contributed by atoms with Crippen molar-refractivity contribution < 1.29 is 16.1 Å². The summed E-state index contributed by atoms with van der Waals surface area (Å²) >= 11 is 0. The maximum Gasteiger partial charge on any atom is 0.326 e. The lowest BCUT2D eigenvalue weighted by atomic mass is 9.93. The molecule has 4 N–H and O–H groups in total. The molecule has 0 spiro atoms. The average Bonchev–Trinajstić information content (AvgIpc) is 2.35. The highest BCUT2D eigenvalue weighted by molar-refractivity contribution is 5.82. The van der Waals surface area contributed by atoms with Crippen LogP contribution in [0.4, 0.5) is 4.79 Å². The lowest BCUT2D eigenvalue weighted by molar-refractivity contribution is -0.139. The van der Waals surface area contributed by atoms with Crippen molar-refractivity contribution in [3.8, 4) is 0 Å². The highest BCUT2D eigenvalue weighted by Crippen LogP contribution is 2.18. The van der Waals surface area contributed by atoms with Crippen LogP contribution in [0.25, 0.3) is 0 Å². The van der Waals surface area contributed by atoms with Crippen LogP contribution >= 0.6 is 0 Å². The van der Waals surface area contributed by atoms with Crippen LogP contribution in [-0.4, -0.2) is 23.1 Å². The van der Waals surface area contributed by atoms with Crippen LogP contribution in [0.2, 0.25) is 1.41 Å². The highest BCUT2D eigenvalue weighted by Gasteiger charge is 2.26. The highest BCUT2D eigenvalue weighted by atomic mass is 16.4. The molecule has 0 saturated heterocycles.